The predicted molar refractivity (Wildman–Crippen MR) is 233 cm³/mol. The van der Waals surface area contributed by atoms with E-state index in [1.54, 1.807) is 0 Å². The van der Waals surface area contributed by atoms with Gasteiger partial charge < -0.3 is 15.3 Å². The van der Waals surface area contributed by atoms with Gasteiger partial charge in [0.1, 0.15) is 0 Å². The second-order valence-electron chi connectivity index (χ2n) is 25.6. The van der Waals surface area contributed by atoms with E-state index in [-0.39, 0.29) is 99.5 Å². The van der Waals surface area contributed by atoms with Crippen LogP contribution in [-0.4, -0.2) is 47.3 Å². The SMILES string of the molecule is CC(C)(C)C1C=C(Cn2c(=O)n(CC3CC(C(C)(C)C)C(O)C(C(C)(C)C)C3)c(=O)n(CC3CC(C(C)(C)C)C(O)C(C(C)(C)C)C3)c2=O)CC(C(C)(C)C)C1O. The van der Waals surface area contributed by atoms with E-state index >= 15 is 0 Å². The average Bonchev–Trinajstić information content (AvgIpc) is 3.02. The molecule has 1 aromatic rings. The minimum absolute atomic E-state index is 0.0240. The lowest BCUT2D eigenvalue weighted by Gasteiger charge is -2.49. The van der Waals surface area contributed by atoms with Crippen molar-refractivity contribution in [2.75, 3.05) is 0 Å². The van der Waals surface area contributed by atoms with E-state index in [4.69, 9.17) is 0 Å². The molecule has 9 heteroatoms. The van der Waals surface area contributed by atoms with Gasteiger partial charge in [0.05, 0.1) is 24.9 Å². The number of hydrogen-bond donors (Lipinski definition) is 3. The van der Waals surface area contributed by atoms with Crippen LogP contribution >= 0.6 is 0 Å². The van der Waals surface area contributed by atoms with E-state index in [1.807, 2.05) is 0 Å². The minimum atomic E-state index is -0.585. The molecule has 3 aliphatic carbocycles. The number of aliphatic hydroxyl groups is 3. The van der Waals surface area contributed by atoms with Gasteiger partial charge in [0.2, 0.25) is 0 Å². The third-order valence-corrected chi connectivity index (χ3v) is 14.9. The van der Waals surface area contributed by atoms with Crippen LogP contribution < -0.4 is 17.1 Å². The molecule has 7 unspecified atom stereocenters. The highest BCUT2D eigenvalue weighted by Gasteiger charge is 2.48. The Bertz CT molecular complexity index is 1630. The summed E-state index contributed by atoms with van der Waals surface area (Å²) in [5.74, 6) is -0.455. The fourth-order valence-electron chi connectivity index (χ4n) is 11.1. The van der Waals surface area contributed by atoms with Crippen molar-refractivity contribution in [1.82, 2.24) is 13.7 Å². The second-order valence-corrected chi connectivity index (χ2v) is 25.6. The first-order chi connectivity index (χ1) is 25.5. The van der Waals surface area contributed by atoms with Crippen molar-refractivity contribution in [3.05, 3.63) is 43.1 Å². The lowest BCUT2D eigenvalue weighted by atomic mass is 9.58. The molecule has 1 heterocycles. The van der Waals surface area contributed by atoms with Gasteiger partial charge in [-0.25, -0.2) is 28.1 Å². The second kappa shape index (κ2) is 16.1. The van der Waals surface area contributed by atoms with Crippen LogP contribution in [0.3, 0.4) is 0 Å². The quantitative estimate of drug-likeness (QED) is 0.248. The van der Waals surface area contributed by atoms with Crippen molar-refractivity contribution in [2.45, 2.75) is 195 Å². The predicted octanol–water partition coefficient (Wildman–Crippen LogP) is 8.38. The molecule has 0 bridgehead atoms. The van der Waals surface area contributed by atoms with Crippen molar-refractivity contribution in [3.63, 3.8) is 0 Å². The molecule has 9 nitrogen and oxygen atoms in total. The first-order valence-corrected chi connectivity index (χ1v) is 22.2. The van der Waals surface area contributed by atoms with Gasteiger partial charge in [-0.1, -0.05) is 136 Å². The fourth-order valence-corrected chi connectivity index (χ4v) is 11.1. The standard InChI is InChI=1S/C48H85N3O6/c1-43(2,3)31-19-28(20-32(37(31)52)44(4,5)6)25-49-40(55)50(26-29-21-33(45(7,8)9)38(53)34(22-29)46(10,11)12)42(57)51(41(49)56)27-30-23-35(47(13,14)15)39(54)36(24-30)48(16,17)18/h19,29-39,52-54H,20-27H2,1-18H3. The van der Waals surface area contributed by atoms with E-state index in [0.29, 0.717) is 32.1 Å². The van der Waals surface area contributed by atoms with Gasteiger partial charge in [-0.05, 0) is 106 Å². The van der Waals surface area contributed by atoms with Crippen LogP contribution in [0.25, 0.3) is 0 Å². The fraction of sp³-hybridized carbons (Fsp3) is 0.896. The average molecular weight is 800 g/mol. The Kier molecular flexibility index (Phi) is 13.5. The number of aromatic nitrogens is 3. The maximum atomic E-state index is 14.8. The summed E-state index contributed by atoms with van der Waals surface area (Å²) in [6.45, 7) is 39.0. The number of hydrogen-bond acceptors (Lipinski definition) is 6. The normalized spacial score (nSPS) is 32.6. The van der Waals surface area contributed by atoms with E-state index in [2.05, 4.69) is 131 Å². The molecule has 0 aromatic carbocycles. The minimum Gasteiger partial charge on any atom is -0.393 e. The van der Waals surface area contributed by atoms with Crippen molar-refractivity contribution in [3.8, 4) is 0 Å². The van der Waals surface area contributed by atoms with E-state index in [0.717, 1.165) is 5.57 Å². The van der Waals surface area contributed by atoms with Gasteiger partial charge in [0.15, 0.2) is 0 Å². The Morgan fingerprint density at radius 2 is 0.754 bits per heavy atom. The lowest BCUT2D eigenvalue weighted by Crippen LogP contribution is -2.57. The molecule has 0 saturated heterocycles. The molecule has 4 rings (SSSR count). The van der Waals surface area contributed by atoms with E-state index in [1.165, 1.54) is 13.7 Å². The Hall–Kier alpha value is -1.97. The molecule has 3 N–H and O–H groups in total. The van der Waals surface area contributed by atoms with Crippen LogP contribution in [0.5, 0.6) is 0 Å². The lowest BCUT2D eigenvalue weighted by molar-refractivity contribution is -0.0865. The van der Waals surface area contributed by atoms with Gasteiger partial charge in [-0.3, -0.25) is 0 Å². The largest absolute Gasteiger partial charge is 0.393 e. The Morgan fingerprint density at radius 1 is 0.456 bits per heavy atom. The van der Waals surface area contributed by atoms with Crippen molar-refractivity contribution in [2.24, 2.45) is 79.8 Å². The Labute approximate surface area is 345 Å². The van der Waals surface area contributed by atoms with Crippen molar-refractivity contribution >= 4 is 0 Å². The third-order valence-electron chi connectivity index (χ3n) is 14.9. The highest BCUT2D eigenvalue weighted by Crippen LogP contribution is 2.51. The highest BCUT2D eigenvalue weighted by atomic mass is 16.3. The first kappa shape index (κ1) is 47.7. The monoisotopic (exact) mass is 800 g/mol. The molecule has 2 saturated carbocycles. The molecule has 1 aromatic heterocycles. The summed E-state index contributed by atoms with van der Waals surface area (Å²) in [6, 6.07) is 0. The molecule has 57 heavy (non-hydrogen) atoms. The third kappa shape index (κ3) is 10.5. The van der Waals surface area contributed by atoms with Crippen LogP contribution in [0.4, 0.5) is 0 Å². The van der Waals surface area contributed by atoms with Gasteiger partial charge in [-0.15, -0.1) is 0 Å². The molecular formula is C48H85N3O6. The Balaban J connectivity index is 1.91. The summed E-state index contributed by atoms with van der Waals surface area (Å²) in [5.41, 5.74) is -2.02. The molecule has 0 aliphatic heterocycles. The highest BCUT2D eigenvalue weighted by molar-refractivity contribution is 5.17. The molecule has 0 radical (unpaired) electrons. The smallest absolute Gasteiger partial charge is 0.336 e. The number of nitrogens with zero attached hydrogens (tertiary/aromatic N) is 3. The molecule has 0 amide bonds. The van der Waals surface area contributed by atoms with Gasteiger partial charge in [-0.2, -0.15) is 0 Å². The van der Waals surface area contributed by atoms with Crippen LogP contribution in [0.15, 0.2) is 26.0 Å². The van der Waals surface area contributed by atoms with Crippen LogP contribution in [0, 0.1) is 79.8 Å². The first-order valence-electron chi connectivity index (χ1n) is 22.2. The van der Waals surface area contributed by atoms with Crippen LogP contribution in [0.2, 0.25) is 0 Å². The molecule has 7 atom stereocenters. The molecule has 0 spiro atoms. The molecule has 328 valence electrons. The van der Waals surface area contributed by atoms with Crippen LogP contribution in [-0.2, 0) is 19.6 Å². The number of aliphatic hydroxyl groups excluding tert-OH is 3. The Morgan fingerprint density at radius 3 is 1.04 bits per heavy atom. The van der Waals surface area contributed by atoms with E-state index in [9.17, 15) is 29.7 Å². The van der Waals surface area contributed by atoms with Crippen LogP contribution in [0.1, 0.15) is 157 Å². The molecule has 2 fully saturated rings. The molecular weight excluding hydrogens is 715 g/mol. The molecule has 3 aliphatic rings. The topological polar surface area (TPSA) is 127 Å². The zero-order chi connectivity index (χ0) is 43.8. The maximum Gasteiger partial charge on any atom is 0.336 e. The van der Waals surface area contributed by atoms with Crippen molar-refractivity contribution < 1.29 is 15.3 Å². The van der Waals surface area contributed by atoms with Gasteiger partial charge >= 0.3 is 17.1 Å². The summed E-state index contributed by atoms with van der Waals surface area (Å²) in [5, 5.41) is 35.1. The number of rotatable bonds is 6. The summed E-state index contributed by atoms with van der Waals surface area (Å²) < 4.78 is 3.97. The summed E-state index contributed by atoms with van der Waals surface area (Å²) in [7, 11) is 0. The van der Waals surface area contributed by atoms with Gasteiger partial charge in [0, 0.05) is 19.0 Å². The van der Waals surface area contributed by atoms with E-state index < -0.39 is 35.4 Å². The zero-order valence-electron chi connectivity index (χ0n) is 39.5. The number of allylic oxidation sites excluding steroid dienone is 1. The summed E-state index contributed by atoms with van der Waals surface area (Å²) in [4.78, 5) is 44.4. The van der Waals surface area contributed by atoms with Crippen molar-refractivity contribution in [1.29, 1.82) is 0 Å². The van der Waals surface area contributed by atoms with Gasteiger partial charge in [0.25, 0.3) is 0 Å². The summed E-state index contributed by atoms with van der Waals surface area (Å²) in [6.07, 6.45) is 3.75. The maximum absolute atomic E-state index is 14.8. The zero-order valence-corrected chi connectivity index (χ0v) is 39.5. The summed E-state index contributed by atoms with van der Waals surface area (Å²) >= 11 is 0.